The van der Waals surface area contributed by atoms with Crippen molar-refractivity contribution in [2.24, 2.45) is 0 Å². The molecule has 1 amide bonds. The fraction of sp³-hybridized carbons (Fsp3) is 0.222. The van der Waals surface area contributed by atoms with Crippen molar-refractivity contribution in [2.75, 3.05) is 18.9 Å². The third-order valence-electron chi connectivity index (χ3n) is 7.19. The molecule has 0 radical (unpaired) electrons. The van der Waals surface area contributed by atoms with E-state index in [0.717, 1.165) is 69.8 Å². The number of anilines is 2. The van der Waals surface area contributed by atoms with Crippen molar-refractivity contribution in [3.63, 3.8) is 0 Å². The van der Waals surface area contributed by atoms with Gasteiger partial charge in [-0.25, -0.2) is 9.50 Å². The number of likely N-dealkylation sites (N-methyl/N-ethyl adjacent to an activating group) is 1. The van der Waals surface area contributed by atoms with Gasteiger partial charge in [-0.2, -0.15) is 5.10 Å². The van der Waals surface area contributed by atoms with Crippen LogP contribution in [0, 0.1) is 6.92 Å². The van der Waals surface area contributed by atoms with Crippen LogP contribution in [0.4, 0.5) is 11.5 Å². The first-order valence-corrected chi connectivity index (χ1v) is 11.9. The van der Waals surface area contributed by atoms with Crippen molar-refractivity contribution in [2.45, 2.75) is 26.6 Å². The quantitative estimate of drug-likeness (QED) is 0.421. The molecule has 0 bridgehead atoms. The molecular formula is C27H25N7O. The Morgan fingerprint density at radius 3 is 2.86 bits per heavy atom. The Labute approximate surface area is 202 Å². The fourth-order valence-electron chi connectivity index (χ4n) is 5.44. The van der Waals surface area contributed by atoms with Gasteiger partial charge in [0.05, 0.1) is 34.7 Å². The zero-order chi connectivity index (χ0) is 23.7. The maximum atomic E-state index is 12.9. The van der Waals surface area contributed by atoms with E-state index in [1.165, 1.54) is 5.69 Å². The summed E-state index contributed by atoms with van der Waals surface area (Å²) in [5.41, 5.74) is 9.10. The van der Waals surface area contributed by atoms with E-state index in [9.17, 15) is 4.79 Å². The molecule has 7 rings (SSSR count). The monoisotopic (exact) mass is 463 g/mol. The van der Waals surface area contributed by atoms with E-state index in [1.807, 2.05) is 29.2 Å². The zero-order valence-electron chi connectivity index (χ0n) is 19.7. The highest BCUT2D eigenvalue weighted by Crippen LogP contribution is 2.37. The van der Waals surface area contributed by atoms with E-state index in [2.05, 4.69) is 74.5 Å². The first kappa shape index (κ1) is 20.2. The summed E-state index contributed by atoms with van der Waals surface area (Å²) in [5.74, 6) is 0.662. The molecule has 2 aliphatic rings. The number of aromatic nitrogens is 4. The average Bonchev–Trinajstić information content (AvgIpc) is 3.53. The van der Waals surface area contributed by atoms with Gasteiger partial charge in [0.1, 0.15) is 5.82 Å². The van der Waals surface area contributed by atoms with E-state index >= 15 is 0 Å². The molecule has 0 spiro atoms. The summed E-state index contributed by atoms with van der Waals surface area (Å²) in [7, 11) is 2.15. The van der Waals surface area contributed by atoms with Crippen molar-refractivity contribution < 1.29 is 4.79 Å². The number of amides is 1. The van der Waals surface area contributed by atoms with E-state index in [-0.39, 0.29) is 5.91 Å². The van der Waals surface area contributed by atoms with Gasteiger partial charge in [0.25, 0.3) is 5.91 Å². The van der Waals surface area contributed by atoms with Crippen molar-refractivity contribution in [1.29, 1.82) is 0 Å². The Kier molecular flexibility index (Phi) is 4.28. The predicted octanol–water partition coefficient (Wildman–Crippen LogP) is 4.09. The number of carbonyl (C=O) groups excluding carboxylic acids is 1. The molecule has 1 aromatic carbocycles. The SMILES string of the molecule is Cc1ccc2c(-c3ccc(Nc4cc5cc6n(c5cn4)CCN(C)C6)c4c3CNC4=O)cnn2c1. The molecule has 174 valence electrons. The highest BCUT2D eigenvalue weighted by Gasteiger charge is 2.27. The molecule has 0 saturated carbocycles. The number of nitrogens with zero attached hydrogens (tertiary/aromatic N) is 5. The highest BCUT2D eigenvalue weighted by atomic mass is 16.1. The molecule has 0 fully saturated rings. The molecule has 4 aromatic heterocycles. The lowest BCUT2D eigenvalue weighted by Crippen LogP contribution is -2.29. The van der Waals surface area contributed by atoms with Crippen LogP contribution in [0.5, 0.6) is 0 Å². The van der Waals surface area contributed by atoms with Gasteiger partial charge in [-0.15, -0.1) is 0 Å². The topological polar surface area (TPSA) is 79.5 Å². The molecule has 5 aromatic rings. The summed E-state index contributed by atoms with van der Waals surface area (Å²) in [5, 5.41) is 12.1. The maximum Gasteiger partial charge on any atom is 0.254 e. The van der Waals surface area contributed by atoms with Crippen molar-refractivity contribution >= 4 is 33.8 Å². The fourth-order valence-corrected chi connectivity index (χ4v) is 5.44. The zero-order valence-corrected chi connectivity index (χ0v) is 19.7. The van der Waals surface area contributed by atoms with Gasteiger partial charge in [0.15, 0.2) is 0 Å². The van der Waals surface area contributed by atoms with Gasteiger partial charge >= 0.3 is 0 Å². The normalized spacial score (nSPS) is 15.4. The van der Waals surface area contributed by atoms with E-state index in [1.54, 1.807) is 0 Å². The Balaban J connectivity index is 1.29. The number of hydrogen-bond donors (Lipinski definition) is 2. The lowest BCUT2D eigenvalue weighted by atomic mass is 9.96. The smallest absolute Gasteiger partial charge is 0.254 e. The molecule has 6 heterocycles. The van der Waals surface area contributed by atoms with Crippen LogP contribution < -0.4 is 10.6 Å². The first-order chi connectivity index (χ1) is 17.0. The number of benzene rings is 1. The summed E-state index contributed by atoms with van der Waals surface area (Å²) < 4.78 is 4.24. The molecule has 8 nitrogen and oxygen atoms in total. The van der Waals surface area contributed by atoms with Crippen LogP contribution in [0.25, 0.3) is 27.5 Å². The lowest BCUT2D eigenvalue weighted by Gasteiger charge is -2.24. The van der Waals surface area contributed by atoms with E-state index in [4.69, 9.17) is 0 Å². The minimum absolute atomic E-state index is 0.0693. The summed E-state index contributed by atoms with van der Waals surface area (Å²) in [6.07, 6.45) is 5.82. The third kappa shape index (κ3) is 3.14. The Bertz CT molecular complexity index is 1660. The Hall–Kier alpha value is -4.17. The second-order valence-electron chi connectivity index (χ2n) is 9.57. The van der Waals surface area contributed by atoms with Gasteiger partial charge < -0.3 is 15.2 Å². The molecule has 0 aliphatic carbocycles. The van der Waals surface area contributed by atoms with Crippen LogP contribution in [0.15, 0.2) is 55.0 Å². The van der Waals surface area contributed by atoms with Gasteiger partial charge in [0.2, 0.25) is 0 Å². The van der Waals surface area contributed by atoms with Gasteiger partial charge in [0, 0.05) is 49.0 Å². The maximum absolute atomic E-state index is 12.9. The van der Waals surface area contributed by atoms with Crippen molar-refractivity contribution in [3.05, 3.63) is 77.4 Å². The number of rotatable bonds is 3. The van der Waals surface area contributed by atoms with Crippen LogP contribution in [0.3, 0.4) is 0 Å². The van der Waals surface area contributed by atoms with E-state index in [0.29, 0.717) is 12.1 Å². The number of nitrogens with one attached hydrogen (secondary N) is 2. The largest absolute Gasteiger partial charge is 0.348 e. The van der Waals surface area contributed by atoms with Gasteiger partial charge in [-0.1, -0.05) is 12.1 Å². The summed E-state index contributed by atoms with van der Waals surface area (Å²) in [4.78, 5) is 19.9. The number of aryl methyl sites for hydroxylation is 1. The number of hydrogen-bond acceptors (Lipinski definition) is 5. The standard InChI is InChI=1S/C27H25N7O/c1-16-3-6-23-20(12-30-34(23)14-16)19-4-5-22(26-21(19)11-29-27(26)35)31-25-10-17-9-18-15-32(2)7-8-33(18)24(17)13-28-25/h3-6,9-10,12-14H,7-8,11,15H2,1-2H3,(H,28,31)(H,29,35). The van der Waals surface area contributed by atoms with Gasteiger partial charge in [-0.3, -0.25) is 9.69 Å². The minimum atomic E-state index is -0.0693. The molecular weight excluding hydrogens is 438 g/mol. The van der Waals surface area contributed by atoms with Crippen LogP contribution in [-0.2, 0) is 19.6 Å². The first-order valence-electron chi connectivity index (χ1n) is 11.9. The molecule has 0 saturated heterocycles. The molecule has 8 heteroatoms. The highest BCUT2D eigenvalue weighted by molar-refractivity contribution is 6.06. The number of carbonyl (C=O) groups is 1. The van der Waals surface area contributed by atoms with Crippen LogP contribution in [0.1, 0.15) is 27.2 Å². The average molecular weight is 464 g/mol. The third-order valence-corrected chi connectivity index (χ3v) is 7.19. The van der Waals surface area contributed by atoms with Crippen molar-refractivity contribution in [3.8, 4) is 11.1 Å². The molecule has 35 heavy (non-hydrogen) atoms. The second kappa shape index (κ2) is 7.41. The summed E-state index contributed by atoms with van der Waals surface area (Å²) >= 11 is 0. The molecule has 0 unspecified atom stereocenters. The lowest BCUT2D eigenvalue weighted by molar-refractivity contribution is 0.0966. The predicted molar refractivity (Wildman–Crippen MR) is 136 cm³/mol. The molecule has 0 atom stereocenters. The second-order valence-corrected chi connectivity index (χ2v) is 9.57. The Morgan fingerprint density at radius 2 is 1.94 bits per heavy atom. The van der Waals surface area contributed by atoms with Gasteiger partial charge in [-0.05, 0) is 54.9 Å². The van der Waals surface area contributed by atoms with Crippen molar-refractivity contribution in [1.82, 2.24) is 29.4 Å². The van der Waals surface area contributed by atoms with Crippen LogP contribution in [0.2, 0.25) is 0 Å². The number of fused-ring (bicyclic) bond motifs is 5. The van der Waals surface area contributed by atoms with Crippen LogP contribution in [-0.4, -0.2) is 43.6 Å². The minimum Gasteiger partial charge on any atom is -0.348 e. The molecule has 2 aliphatic heterocycles. The van der Waals surface area contributed by atoms with E-state index < -0.39 is 0 Å². The summed E-state index contributed by atoms with van der Waals surface area (Å²) in [6, 6.07) is 12.5. The number of pyridine rings is 2. The summed E-state index contributed by atoms with van der Waals surface area (Å²) in [6.45, 7) is 5.50. The Morgan fingerprint density at radius 1 is 1.03 bits per heavy atom. The van der Waals surface area contributed by atoms with Crippen LogP contribution >= 0.6 is 0 Å². The molecule has 2 N–H and O–H groups in total.